The Morgan fingerprint density at radius 2 is 1.19 bits per heavy atom. The van der Waals surface area contributed by atoms with Gasteiger partial charge in [-0.25, -0.2) is 0 Å². The van der Waals surface area contributed by atoms with Gasteiger partial charge in [0.1, 0.15) is 0 Å². The third-order valence-corrected chi connectivity index (χ3v) is 8.90. The minimum atomic E-state index is -0.509. The Labute approximate surface area is 213 Å². The first-order valence-corrected chi connectivity index (χ1v) is 13.1. The average Bonchev–Trinajstić information content (AvgIpc) is 3.33. The van der Waals surface area contributed by atoms with Crippen molar-refractivity contribution in [3.8, 4) is 11.1 Å². The summed E-state index contributed by atoms with van der Waals surface area (Å²) in [6, 6.07) is 44.1. The van der Waals surface area contributed by atoms with E-state index < -0.39 is 5.41 Å². The molecule has 2 aromatic heterocycles. The Kier molecular flexibility index (Phi) is 4.09. The fraction of sp³-hybridized carbons (Fsp3) is 0.0294. The Bertz CT molecular complexity index is 1890. The zero-order chi connectivity index (χ0) is 23.7. The Hall–Kier alpha value is -4.27. The topological polar surface area (TPSA) is 12.9 Å². The van der Waals surface area contributed by atoms with E-state index in [0.29, 0.717) is 0 Å². The van der Waals surface area contributed by atoms with Crippen LogP contribution in [0.1, 0.15) is 22.4 Å². The van der Waals surface area contributed by atoms with Crippen molar-refractivity contribution < 1.29 is 0 Å². The summed E-state index contributed by atoms with van der Waals surface area (Å²) in [5.74, 6) is 0. The van der Waals surface area contributed by atoms with Crippen molar-refractivity contribution in [1.29, 1.82) is 0 Å². The lowest BCUT2D eigenvalue weighted by Crippen LogP contribution is -2.34. The smallest absolute Gasteiger partial charge is 0.0886 e. The fourth-order valence-corrected chi connectivity index (χ4v) is 7.55. The maximum absolute atomic E-state index is 5.22. The first-order valence-electron chi connectivity index (χ1n) is 12.3. The van der Waals surface area contributed by atoms with Crippen molar-refractivity contribution in [1.82, 2.24) is 4.98 Å². The average molecular weight is 476 g/mol. The molecule has 1 nitrogen and oxygen atoms in total. The molecule has 168 valence electrons. The highest BCUT2D eigenvalue weighted by molar-refractivity contribution is 7.26. The third-order valence-electron chi connectivity index (χ3n) is 7.78. The van der Waals surface area contributed by atoms with Crippen molar-refractivity contribution >= 4 is 42.3 Å². The van der Waals surface area contributed by atoms with E-state index in [4.69, 9.17) is 4.98 Å². The standard InChI is InChI=1S/C34H21NS/c1-3-11-22(12-4-1)34(23-13-5-2-6-14-23)28-17-9-7-15-24(28)27-21-30-31(25-16-8-10-18-29(25)36-30)26-19-20-35-33(34)32(26)27/h1-21H. The second-order valence-corrected chi connectivity index (χ2v) is 10.6. The quantitative estimate of drug-likeness (QED) is 0.243. The maximum Gasteiger partial charge on any atom is 0.0886 e. The summed E-state index contributed by atoms with van der Waals surface area (Å²) < 4.78 is 2.66. The van der Waals surface area contributed by atoms with Gasteiger partial charge in [-0.2, -0.15) is 0 Å². The van der Waals surface area contributed by atoms with Gasteiger partial charge < -0.3 is 0 Å². The number of pyridine rings is 1. The number of nitrogens with zero attached hydrogens (tertiary/aromatic N) is 1. The van der Waals surface area contributed by atoms with Crippen LogP contribution >= 0.6 is 11.3 Å². The maximum atomic E-state index is 5.22. The number of benzene rings is 5. The molecule has 0 N–H and O–H groups in total. The molecule has 7 aromatic rings. The molecule has 1 aliphatic carbocycles. The number of hydrogen-bond acceptors (Lipinski definition) is 2. The van der Waals surface area contributed by atoms with Gasteiger partial charge in [0.05, 0.1) is 11.1 Å². The molecule has 0 fully saturated rings. The van der Waals surface area contributed by atoms with Crippen molar-refractivity contribution in [3.63, 3.8) is 0 Å². The predicted octanol–water partition coefficient (Wildman–Crippen LogP) is 8.97. The van der Waals surface area contributed by atoms with Crippen molar-refractivity contribution in [3.05, 3.63) is 150 Å². The van der Waals surface area contributed by atoms with E-state index in [1.165, 1.54) is 58.8 Å². The van der Waals surface area contributed by atoms with Gasteiger partial charge in [0.25, 0.3) is 0 Å². The van der Waals surface area contributed by atoms with Crippen LogP contribution in [0.2, 0.25) is 0 Å². The summed E-state index contributed by atoms with van der Waals surface area (Å²) in [7, 11) is 0. The van der Waals surface area contributed by atoms with Crippen LogP contribution in [0, 0.1) is 0 Å². The molecule has 5 aromatic carbocycles. The molecule has 0 atom stereocenters. The Morgan fingerprint density at radius 1 is 0.528 bits per heavy atom. The lowest BCUT2D eigenvalue weighted by molar-refractivity contribution is 0.720. The van der Waals surface area contributed by atoms with E-state index in [9.17, 15) is 0 Å². The highest BCUT2D eigenvalue weighted by atomic mass is 32.1. The second kappa shape index (κ2) is 7.36. The molecule has 0 unspecified atom stereocenters. The molecular formula is C34H21NS. The Balaban J connectivity index is 1.66. The van der Waals surface area contributed by atoms with Gasteiger partial charge in [-0.1, -0.05) is 103 Å². The first-order chi connectivity index (χ1) is 17.9. The van der Waals surface area contributed by atoms with Crippen LogP contribution in [0.15, 0.2) is 128 Å². The van der Waals surface area contributed by atoms with Crippen molar-refractivity contribution in [2.24, 2.45) is 0 Å². The number of aromatic nitrogens is 1. The minimum absolute atomic E-state index is 0.509. The van der Waals surface area contributed by atoms with Crippen molar-refractivity contribution in [2.45, 2.75) is 5.41 Å². The van der Waals surface area contributed by atoms with Crippen LogP contribution in [0.3, 0.4) is 0 Å². The van der Waals surface area contributed by atoms with Crippen LogP contribution in [-0.2, 0) is 5.41 Å². The van der Waals surface area contributed by atoms with Gasteiger partial charge in [0, 0.05) is 31.8 Å². The minimum Gasteiger partial charge on any atom is -0.259 e. The van der Waals surface area contributed by atoms with Crippen LogP contribution in [0.4, 0.5) is 0 Å². The number of thiophene rings is 1. The van der Waals surface area contributed by atoms with E-state index in [1.807, 2.05) is 17.5 Å². The number of fused-ring (bicyclic) bond motifs is 6. The molecular weight excluding hydrogens is 454 g/mol. The Morgan fingerprint density at radius 3 is 1.97 bits per heavy atom. The summed E-state index contributed by atoms with van der Waals surface area (Å²) in [6.45, 7) is 0. The number of rotatable bonds is 2. The van der Waals surface area contributed by atoms with E-state index >= 15 is 0 Å². The summed E-state index contributed by atoms with van der Waals surface area (Å²) in [5.41, 5.74) is 6.94. The molecule has 0 saturated heterocycles. The van der Waals surface area contributed by atoms with Gasteiger partial charge >= 0.3 is 0 Å². The summed E-state index contributed by atoms with van der Waals surface area (Å²) in [5, 5.41) is 5.22. The molecule has 0 radical (unpaired) electrons. The van der Waals surface area contributed by atoms with Gasteiger partial charge in [0.15, 0.2) is 0 Å². The molecule has 0 saturated carbocycles. The summed E-state index contributed by atoms with van der Waals surface area (Å²) in [4.78, 5) is 5.22. The lowest BCUT2D eigenvalue weighted by atomic mass is 9.61. The zero-order valence-electron chi connectivity index (χ0n) is 19.5. The number of hydrogen-bond donors (Lipinski definition) is 0. The van der Waals surface area contributed by atoms with E-state index in [0.717, 1.165) is 5.69 Å². The first kappa shape index (κ1) is 20.0. The van der Waals surface area contributed by atoms with E-state index in [1.54, 1.807) is 0 Å². The van der Waals surface area contributed by atoms with Crippen LogP contribution < -0.4 is 0 Å². The molecule has 0 bridgehead atoms. The lowest BCUT2D eigenvalue weighted by Gasteiger charge is -2.41. The van der Waals surface area contributed by atoms with E-state index in [2.05, 4.69) is 121 Å². The van der Waals surface area contributed by atoms with Crippen LogP contribution in [0.25, 0.3) is 42.1 Å². The molecule has 0 spiro atoms. The molecule has 2 heterocycles. The molecule has 2 heteroatoms. The highest BCUT2D eigenvalue weighted by Crippen LogP contribution is 2.56. The SMILES string of the molecule is c1ccc(C2(c3ccccc3)c3ccccc3-c3cc4sc5ccccc5c4c4ccnc2c34)cc1. The van der Waals surface area contributed by atoms with Gasteiger partial charge in [-0.3, -0.25) is 4.98 Å². The summed E-state index contributed by atoms with van der Waals surface area (Å²) in [6.07, 6.45) is 2.02. The largest absolute Gasteiger partial charge is 0.259 e. The zero-order valence-corrected chi connectivity index (χ0v) is 20.3. The van der Waals surface area contributed by atoms with Crippen molar-refractivity contribution in [2.75, 3.05) is 0 Å². The molecule has 1 aliphatic rings. The van der Waals surface area contributed by atoms with Gasteiger partial charge in [-0.15, -0.1) is 11.3 Å². The van der Waals surface area contributed by atoms with Crippen LogP contribution in [0.5, 0.6) is 0 Å². The third kappa shape index (κ3) is 2.47. The molecule has 0 amide bonds. The molecule has 8 rings (SSSR count). The highest BCUT2D eigenvalue weighted by Gasteiger charge is 2.45. The second-order valence-electron chi connectivity index (χ2n) is 9.51. The predicted molar refractivity (Wildman–Crippen MR) is 152 cm³/mol. The van der Waals surface area contributed by atoms with Crippen LogP contribution in [-0.4, -0.2) is 4.98 Å². The fourth-order valence-electron chi connectivity index (χ4n) is 6.39. The van der Waals surface area contributed by atoms with Gasteiger partial charge in [0.2, 0.25) is 0 Å². The van der Waals surface area contributed by atoms with E-state index in [-0.39, 0.29) is 0 Å². The monoisotopic (exact) mass is 475 g/mol. The van der Waals surface area contributed by atoms with Gasteiger partial charge in [-0.05, 0) is 51.4 Å². The molecule has 36 heavy (non-hydrogen) atoms. The summed E-state index contributed by atoms with van der Waals surface area (Å²) >= 11 is 1.88. The molecule has 0 aliphatic heterocycles. The normalized spacial score (nSPS) is 13.8.